The number of esters is 1. The van der Waals surface area contributed by atoms with Crippen LogP contribution in [-0.4, -0.2) is 24.7 Å². The molecule has 0 aromatic heterocycles. The number of fused-ring (bicyclic) bond motifs is 1. The standard InChI is InChI=1S/C20H16N2O4/c1-22-19(24)16(11-21)18(23)13-7-8-15-14(9-13)10-17(26-20(15)25)12-5-3-2-4-6-12/h2-9,16-17H,10H2,1H3,(H,22,24)/t16-,17+/m0/s1. The molecule has 0 saturated heterocycles. The fourth-order valence-corrected chi connectivity index (χ4v) is 2.95. The molecule has 2 aromatic rings. The van der Waals surface area contributed by atoms with Crippen molar-refractivity contribution < 1.29 is 19.1 Å². The van der Waals surface area contributed by atoms with Gasteiger partial charge in [0.05, 0.1) is 11.6 Å². The van der Waals surface area contributed by atoms with E-state index >= 15 is 0 Å². The molecule has 2 aromatic carbocycles. The molecule has 1 aliphatic rings. The summed E-state index contributed by atoms with van der Waals surface area (Å²) in [4.78, 5) is 36.5. The van der Waals surface area contributed by atoms with Gasteiger partial charge in [-0.25, -0.2) is 4.79 Å². The number of rotatable bonds is 4. The van der Waals surface area contributed by atoms with Crippen LogP contribution in [0.15, 0.2) is 48.5 Å². The monoisotopic (exact) mass is 348 g/mol. The molecule has 1 aliphatic heterocycles. The van der Waals surface area contributed by atoms with Gasteiger partial charge in [0.2, 0.25) is 5.91 Å². The maximum absolute atomic E-state index is 12.5. The van der Waals surface area contributed by atoms with Crippen molar-refractivity contribution in [2.24, 2.45) is 5.92 Å². The predicted octanol–water partition coefficient (Wildman–Crippen LogP) is 2.21. The minimum absolute atomic E-state index is 0.223. The molecule has 26 heavy (non-hydrogen) atoms. The van der Waals surface area contributed by atoms with Gasteiger partial charge in [-0.2, -0.15) is 5.26 Å². The maximum Gasteiger partial charge on any atom is 0.339 e. The minimum Gasteiger partial charge on any atom is -0.454 e. The molecule has 6 heteroatoms. The minimum atomic E-state index is -1.42. The van der Waals surface area contributed by atoms with Gasteiger partial charge >= 0.3 is 5.97 Å². The first kappa shape index (κ1) is 17.4. The third-order valence-electron chi connectivity index (χ3n) is 4.34. The number of benzene rings is 2. The van der Waals surface area contributed by atoms with E-state index in [4.69, 9.17) is 10.00 Å². The lowest BCUT2D eigenvalue weighted by Crippen LogP contribution is -2.32. The van der Waals surface area contributed by atoms with E-state index in [0.29, 0.717) is 17.5 Å². The smallest absolute Gasteiger partial charge is 0.339 e. The highest BCUT2D eigenvalue weighted by atomic mass is 16.5. The number of carbonyl (C=O) groups excluding carboxylic acids is 3. The van der Waals surface area contributed by atoms with E-state index in [1.165, 1.54) is 19.2 Å². The van der Waals surface area contributed by atoms with Crippen molar-refractivity contribution >= 4 is 17.7 Å². The fraction of sp³-hybridized carbons (Fsp3) is 0.200. The first-order valence-electron chi connectivity index (χ1n) is 8.09. The molecule has 0 radical (unpaired) electrons. The predicted molar refractivity (Wildman–Crippen MR) is 92.2 cm³/mol. The van der Waals surface area contributed by atoms with Crippen LogP contribution in [0.4, 0.5) is 0 Å². The summed E-state index contributed by atoms with van der Waals surface area (Å²) < 4.78 is 5.48. The van der Waals surface area contributed by atoms with Gasteiger partial charge in [-0.15, -0.1) is 0 Å². The van der Waals surface area contributed by atoms with Gasteiger partial charge in [-0.1, -0.05) is 36.4 Å². The molecule has 0 bridgehead atoms. The molecule has 0 aliphatic carbocycles. The third kappa shape index (κ3) is 3.20. The second-order valence-corrected chi connectivity index (χ2v) is 5.92. The zero-order valence-electron chi connectivity index (χ0n) is 14.1. The van der Waals surface area contributed by atoms with Gasteiger partial charge < -0.3 is 10.1 Å². The average molecular weight is 348 g/mol. The molecular formula is C20H16N2O4. The van der Waals surface area contributed by atoms with Crippen LogP contribution in [0.5, 0.6) is 0 Å². The number of nitriles is 1. The Bertz CT molecular complexity index is 915. The molecule has 2 atom stereocenters. The molecule has 1 amide bonds. The molecule has 1 heterocycles. The molecule has 0 saturated carbocycles. The number of ketones is 1. The number of nitrogens with one attached hydrogen (secondary N) is 1. The Morgan fingerprint density at radius 2 is 1.96 bits per heavy atom. The van der Waals surface area contributed by atoms with Gasteiger partial charge in [0.25, 0.3) is 0 Å². The van der Waals surface area contributed by atoms with Crippen molar-refractivity contribution in [1.29, 1.82) is 5.26 Å². The normalized spacial score (nSPS) is 16.6. The van der Waals surface area contributed by atoms with E-state index < -0.39 is 29.7 Å². The Morgan fingerprint density at radius 1 is 1.23 bits per heavy atom. The van der Waals surface area contributed by atoms with Crippen LogP contribution in [0.3, 0.4) is 0 Å². The molecule has 0 spiro atoms. The number of ether oxygens (including phenoxy) is 1. The lowest BCUT2D eigenvalue weighted by molar-refractivity contribution is -0.121. The van der Waals surface area contributed by atoms with Gasteiger partial charge in [-0.3, -0.25) is 9.59 Å². The Labute approximate surface area is 150 Å². The van der Waals surface area contributed by atoms with Crippen LogP contribution >= 0.6 is 0 Å². The van der Waals surface area contributed by atoms with Crippen molar-refractivity contribution in [1.82, 2.24) is 5.32 Å². The summed E-state index contributed by atoms with van der Waals surface area (Å²) in [5, 5.41) is 11.4. The first-order chi connectivity index (χ1) is 12.5. The van der Waals surface area contributed by atoms with Crippen LogP contribution in [0.25, 0.3) is 0 Å². The second-order valence-electron chi connectivity index (χ2n) is 5.92. The summed E-state index contributed by atoms with van der Waals surface area (Å²) in [6.07, 6.45) is -0.0177. The Morgan fingerprint density at radius 3 is 2.62 bits per heavy atom. The number of hydrogen-bond acceptors (Lipinski definition) is 5. The van der Waals surface area contributed by atoms with E-state index in [-0.39, 0.29) is 5.56 Å². The van der Waals surface area contributed by atoms with Crippen LogP contribution in [0.2, 0.25) is 0 Å². The van der Waals surface area contributed by atoms with E-state index in [9.17, 15) is 14.4 Å². The highest BCUT2D eigenvalue weighted by Gasteiger charge is 2.31. The Balaban J connectivity index is 1.93. The second kappa shape index (κ2) is 7.19. The maximum atomic E-state index is 12.5. The van der Waals surface area contributed by atoms with Crippen LogP contribution in [-0.2, 0) is 16.0 Å². The molecule has 130 valence electrons. The van der Waals surface area contributed by atoms with E-state index in [1.807, 2.05) is 30.3 Å². The summed E-state index contributed by atoms with van der Waals surface area (Å²) >= 11 is 0. The van der Waals surface area contributed by atoms with Crippen molar-refractivity contribution in [3.63, 3.8) is 0 Å². The first-order valence-corrected chi connectivity index (χ1v) is 8.09. The van der Waals surface area contributed by atoms with Gasteiger partial charge in [0.15, 0.2) is 11.7 Å². The number of hydrogen-bond donors (Lipinski definition) is 1. The average Bonchev–Trinajstić information content (AvgIpc) is 2.68. The number of carbonyl (C=O) groups is 3. The molecular weight excluding hydrogens is 332 g/mol. The largest absolute Gasteiger partial charge is 0.454 e. The zero-order valence-corrected chi connectivity index (χ0v) is 14.1. The van der Waals surface area contributed by atoms with Crippen LogP contribution < -0.4 is 5.32 Å². The van der Waals surface area contributed by atoms with Crippen LogP contribution in [0, 0.1) is 17.2 Å². The van der Waals surface area contributed by atoms with Crippen molar-refractivity contribution in [3.8, 4) is 6.07 Å². The summed E-state index contributed by atoms with van der Waals surface area (Å²) in [5.74, 6) is -3.12. The third-order valence-corrected chi connectivity index (χ3v) is 4.34. The number of nitrogens with zero attached hydrogens (tertiary/aromatic N) is 1. The highest BCUT2D eigenvalue weighted by molar-refractivity contribution is 6.12. The van der Waals surface area contributed by atoms with Gasteiger partial charge in [0, 0.05) is 19.0 Å². The van der Waals surface area contributed by atoms with Crippen molar-refractivity contribution in [2.45, 2.75) is 12.5 Å². The molecule has 1 N–H and O–H groups in total. The zero-order chi connectivity index (χ0) is 18.7. The molecule has 6 nitrogen and oxygen atoms in total. The van der Waals surface area contributed by atoms with Gasteiger partial charge in [-0.05, 0) is 23.3 Å². The van der Waals surface area contributed by atoms with Crippen LogP contribution in [0.1, 0.15) is 37.9 Å². The lowest BCUT2D eigenvalue weighted by Gasteiger charge is -2.25. The van der Waals surface area contributed by atoms with Crippen molar-refractivity contribution in [2.75, 3.05) is 7.05 Å². The van der Waals surface area contributed by atoms with Crippen molar-refractivity contribution in [3.05, 3.63) is 70.8 Å². The van der Waals surface area contributed by atoms with E-state index in [1.54, 1.807) is 12.1 Å². The number of cyclic esters (lactones) is 1. The van der Waals surface area contributed by atoms with E-state index in [0.717, 1.165) is 5.56 Å². The highest BCUT2D eigenvalue weighted by Crippen LogP contribution is 2.31. The summed E-state index contributed by atoms with van der Waals surface area (Å²) in [6, 6.07) is 15.6. The summed E-state index contributed by atoms with van der Waals surface area (Å²) in [6.45, 7) is 0. The fourth-order valence-electron chi connectivity index (χ4n) is 2.95. The number of Topliss-reactive ketones (excluding diaryl/α,β-unsaturated/α-hetero) is 1. The molecule has 3 rings (SSSR count). The molecule has 0 fully saturated rings. The Hall–Kier alpha value is -3.46. The quantitative estimate of drug-likeness (QED) is 0.519. The van der Waals surface area contributed by atoms with E-state index in [2.05, 4.69) is 5.32 Å². The molecule has 0 unspecified atom stereocenters. The summed E-state index contributed by atoms with van der Waals surface area (Å²) in [5.41, 5.74) is 2.14. The topological polar surface area (TPSA) is 96.3 Å². The SMILES string of the molecule is CNC(=O)[C@@H](C#N)C(=O)c1ccc2c(c1)C[C@H](c1ccccc1)OC2=O. The number of amides is 1. The summed E-state index contributed by atoms with van der Waals surface area (Å²) in [7, 11) is 1.37. The Kier molecular flexibility index (Phi) is 4.81. The van der Waals surface area contributed by atoms with Gasteiger partial charge in [0.1, 0.15) is 6.10 Å². The lowest BCUT2D eigenvalue weighted by atomic mass is 9.90.